The summed E-state index contributed by atoms with van der Waals surface area (Å²) in [5, 5.41) is 0. The second-order valence-corrected chi connectivity index (χ2v) is 9.48. The van der Waals surface area contributed by atoms with Gasteiger partial charge in [0.05, 0.1) is 0 Å². The van der Waals surface area contributed by atoms with Crippen molar-refractivity contribution in [2.24, 2.45) is 0 Å². The minimum atomic E-state index is 0.898. The fourth-order valence-electron chi connectivity index (χ4n) is 4.67. The van der Waals surface area contributed by atoms with E-state index in [1.807, 2.05) is 0 Å². The zero-order valence-corrected chi connectivity index (χ0v) is 21.1. The molecule has 0 amide bonds. The van der Waals surface area contributed by atoms with Crippen LogP contribution in [0.2, 0.25) is 0 Å². The number of aryl methyl sites for hydroxylation is 2. The normalized spacial score (nSPS) is 13.7. The number of nitrogens with zero attached hydrogens (tertiary/aromatic N) is 2. The van der Waals surface area contributed by atoms with Gasteiger partial charge in [-0.25, -0.2) is 4.70 Å². The molecule has 0 saturated carbocycles. The van der Waals surface area contributed by atoms with E-state index >= 15 is 0 Å². The Labute approximate surface area is 201 Å². The predicted molar refractivity (Wildman–Crippen MR) is 142 cm³/mol. The highest BCUT2D eigenvalue weighted by molar-refractivity contribution is 5.78. The van der Waals surface area contributed by atoms with E-state index in [1.165, 1.54) is 72.8 Å². The van der Waals surface area contributed by atoms with Gasteiger partial charge < -0.3 is 5.53 Å². The van der Waals surface area contributed by atoms with Gasteiger partial charge in [-0.2, -0.15) is 0 Å². The van der Waals surface area contributed by atoms with Crippen molar-refractivity contribution in [2.45, 2.75) is 97.8 Å². The maximum Gasteiger partial charge on any atom is 0.210 e. The van der Waals surface area contributed by atoms with Crippen molar-refractivity contribution in [3.8, 4) is 0 Å². The van der Waals surface area contributed by atoms with Crippen molar-refractivity contribution in [1.82, 2.24) is 0 Å². The maximum absolute atomic E-state index is 11.3. The average molecular weight is 443 g/mol. The number of benzene rings is 2. The molecule has 2 nitrogen and oxygen atoms in total. The molecule has 1 aliphatic rings. The lowest BCUT2D eigenvalue weighted by atomic mass is 9.99. The average Bonchev–Trinajstić information content (AvgIpc) is 3.17. The summed E-state index contributed by atoms with van der Waals surface area (Å²) in [6.07, 6.45) is 16.5. The molecule has 0 aromatic heterocycles. The monoisotopic (exact) mass is 442 g/mol. The molecule has 0 unspecified atom stereocenters. The molecule has 3 rings (SSSR count). The van der Waals surface area contributed by atoms with Crippen LogP contribution in [0.25, 0.3) is 16.9 Å². The second kappa shape index (κ2) is 13.3. The highest BCUT2D eigenvalue weighted by atomic mass is 15.2. The van der Waals surface area contributed by atoms with Gasteiger partial charge in [0.15, 0.2) is 0 Å². The van der Waals surface area contributed by atoms with Gasteiger partial charge in [-0.15, -0.1) is 0 Å². The Morgan fingerprint density at radius 3 is 2.03 bits per heavy atom. The molecule has 0 bridgehead atoms. The minimum Gasteiger partial charge on any atom is -0.493 e. The van der Waals surface area contributed by atoms with Crippen LogP contribution in [0.3, 0.4) is 0 Å². The highest BCUT2D eigenvalue weighted by Crippen LogP contribution is 2.37. The first-order valence-corrected chi connectivity index (χ1v) is 13.3. The zero-order chi connectivity index (χ0) is 23.5. The summed E-state index contributed by atoms with van der Waals surface area (Å²) in [4.78, 5) is 0. The fraction of sp³-hybridized carbons (Fsp3) is 0.484. The number of unbranched alkanes of at least 4 members (excludes halogenated alkanes) is 6. The number of hydrogen-bond donors (Lipinski definition) is 0. The second-order valence-electron chi connectivity index (χ2n) is 9.48. The molecule has 2 aromatic carbocycles. The van der Waals surface area contributed by atoms with E-state index < -0.39 is 0 Å². The summed E-state index contributed by atoms with van der Waals surface area (Å²) < 4.78 is 1.44. The Kier molecular flexibility index (Phi) is 10.1. The zero-order valence-electron chi connectivity index (χ0n) is 21.1. The SMILES string of the molecule is CCCCCCC1=C(c2cccc(CCCC)c2)[N+](=[N-])C(c2ccc(CCCCC)cc2)=C1. The van der Waals surface area contributed by atoms with Crippen LogP contribution in [0.4, 0.5) is 0 Å². The van der Waals surface area contributed by atoms with E-state index in [-0.39, 0.29) is 0 Å². The lowest BCUT2D eigenvalue weighted by Gasteiger charge is -2.11. The van der Waals surface area contributed by atoms with E-state index in [1.54, 1.807) is 0 Å². The third-order valence-electron chi connectivity index (χ3n) is 6.69. The first-order valence-electron chi connectivity index (χ1n) is 13.3. The number of rotatable bonds is 14. The summed E-state index contributed by atoms with van der Waals surface area (Å²) in [6.45, 7) is 6.73. The van der Waals surface area contributed by atoms with E-state index in [0.717, 1.165) is 48.2 Å². The highest BCUT2D eigenvalue weighted by Gasteiger charge is 2.28. The van der Waals surface area contributed by atoms with E-state index in [4.69, 9.17) is 0 Å². The Hall–Kier alpha value is -2.48. The van der Waals surface area contributed by atoms with Crippen molar-refractivity contribution in [2.75, 3.05) is 0 Å². The standard InChI is InChI=1S/C31H42N2/c1-4-7-10-12-17-29-24-30(27-21-19-25(20-22-27)15-11-8-5-2)33(32)31(29)28-18-13-16-26(23-28)14-9-6-3/h13,16,18-24H,4-12,14-15,17H2,1-3H3. The molecular weight excluding hydrogens is 400 g/mol. The van der Waals surface area contributed by atoms with Crippen molar-refractivity contribution in [3.63, 3.8) is 0 Å². The van der Waals surface area contributed by atoms with Crippen LogP contribution in [0.5, 0.6) is 0 Å². The van der Waals surface area contributed by atoms with Crippen molar-refractivity contribution in [3.05, 3.63) is 88.0 Å². The van der Waals surface area contributed by atoms with Gasteiger partial charge in [-0.3, -0.25) is 0 Å². The van der Waals surface area contributed by atoms with Gasteiger partial charge in [0.2, 0.25) is 11.4 Å². The molecule has 0 radical (unpaired) electrons. The summed E-state index contributed by atoms with van der Waals surface area (Å²) in [5.41, 5.74) is 19.4. The topological polar surface area (TPSA) is 25.3 Å². The molecule has 2 heteroatoms. The summed E-state index contributed by atoms with van der Waals surface area (Å²) in [7, 11) is 0. The summed E-state index contributed by atoms with van der Waals surface area (Å²) in [6, 6.07) is 17.6. The molecule has 0 N–H and O–H groups in total. The van der Waals surface area contributed by atoms with Crippen LogP contribution in [-0.2, 0) is 12.8 Å². The van der Waals surface area contributed by atoms with Gasteiger partial charge in [-0.05, 0) is 73.9 Å². The van der Waals surface area contributed by atoms with Crippen LogP contribution >= 0.6 is 0 Å². The summed E-state index contributed by atoms with van der Waals surface area (Å²) >= 11 is 0. The molecule has 0 spiro atoms. The molecule has 33 heavy (non-hydrogen) atoms. The van der Waals surface area contributed by atoms with Crippen LogP contribution in [0, 0.1) is 0 Å². The molecule has 1 heterocycles. The van der Waals surface area contributed by atoms with E-state index in [2.05, 4.69) is 75.4 Å². The molecule has 0 fully saturated rings. The Morgan fingerprint density at radius 2 is 1.30 bits per heavy atom. The van der Waals surface area contributed by atoms with E-state index in [9.17, 15) is 5.53 Å². The first kappa shape index (κ1) is 25.1. The molecule has 0 aliphatic carbocycles. The lowest BCUT2D eigenvalue weighted by Crippen LogP contribution is -2.03. The minimum absolute atomic E-state index is 0.898. The Bertz CT molecular complexity index is 963. The molecule has 1 aliphatic heterocycles. The molecule has 176 valence electrons. The number of hydrogen-bond acceptors (Lipinski definition) is 0. The first-order chi connectivity index (χ1) is 16.2. The lowest BCUT2D eigenvalue weighted by molar-refractivity contribution is -0.344. The largest absolute Gasteiger partial charge is 0.493 e. The van der Waals surface area contributed by atoms with E-state index in [0.29, 0.717) is 0 Å². The molecule has 0 atom stereocenters. The van der Waals surface area contributed by atoms with Gasteiger partial charge in [0.1, 0.15) is 0 Å². The van der Waals surface area contributed by atoms with Crippen molar-refractivity contribution < 1.29 is 4.70 Å². The third kappa shape index (κ3) is 7.00. The number of allylic oxidation sites excluding steroid dienone is 2. The van der Waals surface area contributed by atoms with Gasteiger partial charge in [-0.1, -0.05) is 83.6 Å². The van der Waals surface area contributed by atoms with Crippen LogP contribution < -0.4 is 0 Å². The maximum atomic E-state index is 11.3. The molecule has 2 aromatic rings. The van der Waals surface area contributed by atoms with Gasteiger partial charge >= 0.3 is 0 Å². The smallest absolute Gasteiger partial charge is 0.210 e. The third-order valence-corrected chi connectivity index (χ3v) is 6.69. The van der Waals surface area contributed by atoms with Crippen molar-refractivity contribution >= 4 is 11.4 Å². The summed E-state index contributed by atoms with van der Waals surface area (Å²) in [5.74, 6) is 0. The molecule has 0 saturated heterocycles. The van der Waals surface area contributed by atoms with Crippen LogP contribution in [-0.4, -0.2) is 4.70 Å². The van der Waals surface area contributed by atoms with Crippen LogP contribution in [0.15, 0.2) is 60.2 Å². The Morgan fingerprint density at radius 1 is 0.636 bits per heavy atom. The predicted octanol–water partition coefficient (Wildman–Crippen LogP) is 9.53. The quantitative estimate of drug-likeness (QED) is 0.205. The Balaban J connectivity index is 1.84. The van der Waals surface area contributed by atoms with Crippen molar-refractivity contribution in [1.29, 1.82) is 0 Å². The molecular formula is C31H42N2. The van der Waals surface area contributed by atoms with Gasteiger partial charge in [0.25, 0.3) is 0 Å². The van der Waals surface area contributed by atoms with Crippen LogP contribution in [0.1, 0.15) is 107 Å². The fourth-order valence-corrected chi connectivity index (χ4v) is 4.67. The van der Waals surface area contributed by atoms with Gasteiger partial charge in [0, 0.05) is 22.8 Å².